The summed E-state index contributed by atoms with van der Waals surface area (Å²) in [6.45, 7) is 0. The number of ether oxygens (including phenoxy) is 2. The van der Waals surface area contributed by atoms with E-state index in [1.807, 2.05) is 0 Å². The summed E-state index contributed by atoms with van der Waals surface area (Å²) in [5.74, 6) is -1.09. The Morgan fingerprint density at radius 1 is 1.27 bits per heavy atom. The third-order valence-electron chi connectivity index (χ3n) is 2.93. The van der Waals surface area contributed by atoms with Gasteiger partial charge in [0.1, 0.15) is 5.56 Å². The van der Waals surface area contributed by atoms with Crippen LogP contribution in [0.2, 0.25) is 0 Å². The maximum absolute atomic E-state index is 12.3. The molecule has 8 heteroatoms. The number of carboxylic acids is 1. The van der Waals surface area contributed by atoms with Crippen LogP contribution in [0.1, 0.15) is 20.8 Å². The zero-order valence-corrected chi connectivity index (χ0v) is 12.3. The van der Waals surface area contributed by atoms with Gasteiger partial charge < -0.3 is 19.9 Å². The van der Waals surface area contributed by atoms with Crippen LogP contribution in [0.5, 0.6) is 11.5 Å². The third kappa shape index (κ3) is 2.85. The fourth-order valence-corrected chi connectivity index (χ4v) is 1.98. The minimum Gasteiger partial charge on any atom is -0.493 e. The molecule has 2 aromatic rings. The molecule has 0 radical (unpaired) electrons. The predicted molar refractivity (Wildman–Crippen MR) is 77.7 cm³/mol. The number of benzene rings is 1. The van der Waals surface area contributed by atoms with Crippen LogP contribution in [0.15, 0.2) is 24.4 Å². The molecule has 0 aliphatic heterocycles. The summed E-state index contributed by atoms with van der Waals surface area (Å²) < 4.78 is 11.6. The van der Waals surface area contributed by atoms with Gasteiger partial charge in [-0.15, -0.1) is 0 Å². The molecule has 0 aliphatic rings. The summed E-state index contributed by atoms with van der Waals surface area (Å²) >= 11 is 0. The minimum absolute atomic E-state index is 0.179. The van der Waals surface area contributed by atoms with Crippen molar-refractivity contribution in [1.82, 2.24) is 9.78 Å². The first-order chi connectivity index (χ1) is 10.5. The van der Waals surface area contributed by atoms with Crippen molar-refractivity contribution in [2.75, 3.05) is 19.5 Å². The van der Waals surface area contributed by atoms with Gasteiger partial charge in [0.25, 0.3) is 5.91 Å². The number of rotatable bonds is 5. The van der Waals surface area contributed by atoms with Gasteiger partial charge in [-0.25, -0.2) is 4.79 Å². The molecule has 0 bridgehead atoms. The van der Waals surface area contributed by atoms with E-state index in [2.05, 4.69) is 10.4 Å². The van der Waals surface area contributed by atoms with Gasteiger partial charge in [0, 0.05) is 13.2 Å². The third-order valence-corrected chi connectivity index (χ3v) is 2.93. The number of hydrogen-bond acceptors (Lipinski definition) is 5. The number of anilines is 1. The van der Waals surface area contributed by atoms with Crippen LogP contribution in [0.3, 0.4) is 0 Å². The molecular formula is C14H15N3O5. The van der Waals surface area contributed by atoms with Crippen LogP contribution < -0.4 is 14.8 Å². The summed E-state index contributed by atoms with van der Waals surface area (Å²) in [7, 11) is 4.46. The maximum Gasteiger partial charge on any atom is 0.339 e. The normalized spacial score (nSPS) is 10.1. The smallest absolute Gasteiger partial charge is 0.339 e. The van der Waals surface area contributed by atoms with Crippen LogP contribution in [-0.2, 0) is 7.05 Å². The topological polar surface area (TPSA) is 103 Å². The number of carboxylic acid groups (broad SMARTS) is 1. The highest BCUT2D eigenvalue weighted by atomic mass is 16.5. The Kier molecular flexibility index (Phi) is 4.31. The van der Waals surface area contributed by atoms with Crippen LogP contribution in [-0.4, -0.2) is 41.0 Å². The Hall–Kier alpha value is -3.03. The van der Waals surface area contributed by atoms with E-state index in [0.29, 0.717) is 17.2 Å². The van der Waals surface area contributed by atoms with Crippen LogP contribution >= 0.6 is 0 Å². The highest BCUT2D eigenvalue weighted by Crippen LogP contribution is 2.34. The molecular weight excluding hydrogens is 290 g/mol. The second kappa shape index (κ2) is 6.17. The molecule has 0 unspecified atom stereocenters. The van der Waals surface area contributed by atoms with Crippen molar-refractivity contribution in [2.24, 2.45) is 7.05 Å². The molecule has 0 saturated carbocycles. The second-order valence-electron chi connectivity index (χ2n) is 4.37. The highest BCUT2D eigenvalue weighted by molar-refractivity contribution is 6.09. The lowest BCUT2D eigenvalue weighted by Crippen LogP contribution is -2.17. The van der Waals surface area contributed by atoms with E-state index in [0.717, 1.165) is 0 Å². The number of aromatic nitrogens is 2. The Labute approximate surface area is 126 Å². The fraction of sp³-hybridized carbons (Fsp3) is 0.214. The Balaban J connectivity index is 2.36. The molecule has 1 aromatic heterocycles. The summed E-state index contributed by atoms with van der Waals surface area (Å²) in [4.78, 5) is 23.4. The number of aromatic carboxylic acids is 1. The summed E-state index contributed by atoms with van der Waals surface area (Å²) in [5, 5.41) is 15.6. The molecule has 0 aliphatic carbocycles. The van der Waals surface area contributed by atoms with Crippen molar-refractivity contribution in [3.8, 4) is 11.5 Å². The summed E-state index contributed by atoms with van der Waals surface area (Å²) in [6.07, 6.45) is 1.26. The van der Waals surface area contributed by atoms with Gasteiger partial charge in [-0.2, -0.15) is 5.10 Å². The van der Waals surface area contributed by atoms with E-state index >= 15 is 0 Å². The molecule has 2 rings (SSSR count). The number of para-hydroxylation sites is 1. The van der Waals surface area contributed by atoms with Crippen molar-refractivity contribution in [3.05, 3.63) is 35.7 Å². The van der Waals surface area contributed by atoms with Crippen LogP contribution in [0.25, 0.3) is 0 Å². The monoisotopic (exact) mass is 305 g/mol. The number of nitrogens with zero attached hydrogens (tertiary/aromatic N) is 2. The van der Waals surface area contributed by atoms with Gasteiger partial charge in [-0.05, 0) is 12.1 Å². The number of methoxy groups -OCH3 is 2. The van der Waals surface area contributed by atoms with E-state index < -0.39 is 11.9 Å². The van der Waals surface area contributed by atoms with Crippen molar-refractivity contribution in [3.63, 3.8) is 0 Å². The average Bonchev–Trinajstić information content (AvgIpc) is 2.89. The highest BCUT2D eigenvalue weighted by Gasteiger charge is 2.22. The van der Waals surface area contributed by atoms with E-state index in [1.165, 1.54) is 32.1 Å². The molecule has 0 fully saturated rings. The van der Waals surface area contributed by atoms with E-state index in [1.54, 1.807) is 18.2 Å². The number of aryl methyl sites for hydroxylation is 1. The number of amides is 1. The van der Waals surface area contributed by atoms with Crippen molar-refractivity contribution < 1.29 is 24.2 Å². The van der Waals surface area contributed by atoms with Gasteiger partial charge in [0.2, 0.25) is 0 Å². The number of carbonyl (C=O) groups is 2. The standard InChI is InChI=1S/C14H15N3O5/c1-17-7-8(14(19)20)11(16-17)13(18)15-9-5-4-6-10(21-2)12(9)22-3/h4-7H,1-3H3,(H,15,18)(H,19,20). The molecule has 0 atom stereocenters. The SMILES string of the molecule is COc1cccc(NC(=O)c2nn(C)cc2C(=O)O)c1OC. The van der Waals surface area contributed by atoms with Gasteiger partial charge in [-0.3, -0.25) is 9.48 Å². The Morgan fingerprint density at radius 2 is 2.00 bits per heavy atom. The molecule has 1 aromatic carbocycles. The molecule has 22 heavy (non-hydrogen) atoms. The zero-order valence-electron chi connectivity index (χ0n) is 12.3. The maximum atomic E-state index is 12.3. The summed E-state index contributed by atoms with van der Waals surface area (Å²) in [6, 6.07) is 4.97. The zero-order chi connectivity index (χ0) is 16.3. The lowest BCUT2D eigenvalue weighted by Gasteiger charge is -2.12. The van der Waals surface area contributed by atoms with Crippen molar-refractivity contribution >= 4 is 17.6 Å². The van der Waals surface area contributed by atoms with Crippen LogP contribution in [0, 0.1) is 0 Å². The van der Waals surface area contributed by atoms with Gasteiger partial charge in [-0.1, -0.05) is 6.07 Å². The molecule has 1 amide bonds. The lowest BCUT2D eigenvalue weighted by atomic mass is 10.2. The van der Waals surface area contributed by atoms with E-state index in [-0.39, 0.29) is 11.3 Å². The first-order valence-electron chi connectivity index (χ1n) is 6.27. The Morgan fingerprint density at radius 3 is 2.59 bits per heavy atom. The molecule has 116 valence electrons. The first-order valence-corrected chi connectivity index (χ1v) is 6.27. The Bertz CT molecular complexity index is 723. The molecule has 2 N–H and O–H groups in total. The van der Waals surface area contributed by atoms with E-state index in [4.69, 9.17) is 14.6 Å². The van der Waals surface area contributed by atoms with Gasteiger partial charge in [0.15, 0.2) is 17.2 Å². The quantitative estimate of drug-likeness (QED) is 0.865. The first kappa shape index (κ1) is 15.4. The van der Waals surface area contributed by atoms with E-state index in [9.17, 15) is 9.59 Å². The second-order valence-corrected chi connectivity index (χ2v) is 4.37. The predicted octanol–water partition coefficient (Wildman–Crippen LogP) is 1.39. The van der Waals surface area contributed by atoms with Gasteiger partial charge in [0.05, 0.1) is 19.9 Å². The van der Waals surface area contributed by atoms with Crippen LogP contribution in [0.4, 0.5) is 5.69 Å². The lowest BCUT2D eigenvalue weighted by molar-refractivity contribution is 0.0692. The minimum atomic E-state index is -1.23. The largest absolute Gasteiger partial charge is 0.493 e. The number of carbonyl (C=O) groups excluding carboxylic acids is 1. The fourth-order valence-electron chi connectivity index (χ4n) is 1.98. The van der Waals surface area contributed by atoms with Crippen molar-refractivity contribution in [2.45, 2.75) is 0 Å². The van der Waals surface area contributed by atoms with Gasteiger partial charge >= 0.3 is 5.97 Å². The molecule has 0 saturated heterocycles. The summed E-state index contributed by atoms with van der Waals surface area (Å²) in [5.41, 5.74) is -0.00409. The number of nitrogens with one attached hydrogen (secondary N) is 1. The molecule has 0 spiro atoms. The number of hydrogen-bond donors (Lipinski definition) is 2. The molecule has 8 nitrogen and oxygen atoms in total. The van der Waals surface area contributed by atoms with Crippen molar-refractivity contribution in [1.29, 1.82) is 0 Å². The molecule has 1 heterocycles. The average molecular weight is 305 g/mol.